The average molecular weight is 867 g/mol. The molecule has 0 aliphatic carbocycles. The Balaban J connectivity index is 0.905. The van der Waals surface area contributed by atoms with Gasteiger partial charge < -0.3 is 44.4 Å². The van der Waals surface area contributed by atoms with Crippen LogP contribution < -0.4 is 10.6 Å². The van der Waals surface area contributed by atoms with Crippen LogP contribution in [0.4, 0.5) is 9.59 Å². The summed E-state index contributed by atoms with van der Waals surface area (Å²) in [5.74, 6) is 0.930. The van der Waals surface area contributed by atoms with E-state index in [4.69, 9.17) is 14.5 Å². The summed E-state index contributed by atoms with van der Waals surface area (Å²) < 4.78 is 11.6. The van der Waals surface area contributed by atoms with Gasteiger partial charge in [-0.1, -0.05) is 92.7 Å². The maximum atomic E-state index is 14.1. The number of alkyl carbamates (subject to hydrolysis) is 2. The highest BCUT2D eigenvalue weighted by molar-refractivity contribution is 5.87. The van der Waals surface area contributed by atoms with E-state index in [9.17, 15) is 19.2 Å². The second-order valence-corrected chi connectivity index (χ2v) is 16.7. The Kier molecular flexibility index (Phi) is 13.2. The molecule has 6 aromatic rings. The van der Waals surface area contributed by atoms with E-state index in [1.54, 1.807) is 28.5 Å². The highest BCUT2D eigenvalue weighted by atomic mass is 16.5. The minimum atomic E-state index is -0.872. The summed E-state index contributed by atoms with van der Waals surface area (Å²) >= 11 is 0. The van der Waals surface area contributed by atoms with E-state index < -0.39 is 24.3 Å². The number of nitrogens with one attached hydrogen (secondary N) is 4. The molecular formula is C48H54N10O6. The van der Waals surface area contributed by atoms with E-state index in [-0.39, 0.29) is 36.2 Å². The van der Waals surface area contributed by atoms with Crippen molar-refractivity contribution >= 4 is 24.0 Å². The molecule has 5 heterocycles. The van der Waals surface area contributed by atoms with Gasteiger partial charge in [-0.05, 0) is 59.4 Å². The summed E-state index contributed by atoms with van der Waals surface area (Å²) in [7, 11) is 2.57. The Labute approximate surface area is 371 Å². The van der Waals surface area contributed by atoms with Crippen molar-refractivity contribution in [1.29, 1.82) is 0 Å². The first kappa shape index (κ1) is 43.4. The van der Waals surface area contributed by atoms with Crippen LogP contribution in [0.15, 0.2) is 104 Å². The third-order valence-electron chi connectivity index (χ3n) is 12.1. The lowest BCUT2D eigenvalue weighted by atomic mass is 10.0. The van der Waals surface area contributed by atoms with Crippen molar-refractivity contribution in [2.75, 3.05) is 27.3 Å². The largest absolute Gasteiger partial charge is 0.453 e. The molecule has 2 aliphatic heterocycles. The maximum Gasteiger partial charge on any atom is 0.407 e. The zero-order valence-corrected chi connectivity index (χ0v) is 36.5. The monoisotopic (exact) mass is 866 g/mol. The number of rotatable bonds is 14. The number of imidazole rings is 3. The lowest BCUT2D eigenvalue weighted by Crippen LogP contribution is -2.51. The highest BCUT2D eigenvalue weighted by Crippen LogP contribution is 2.35. The third kappa shape index (κ3) is 9.70. The lowest BCUT2D eigenvalue weighted by Gasteiger charge is -2.30. The van der Waals surface area contributed by atoms with E-state index in [0.29, 0.717) is 37.0 Å². The molecule has 16 heteroatoms. The fourth-order valence-corrected chi connectivity index (χ4v) is 8.70. The molecule has 0 saturated carbocycles. The van der Waals surface area contributed by atoms with Gasteiger partial charge in [-0.3, -0.25) is 9.59 Å². The summed E-state index contributed by atoms with van der Waals surface area (Å²) in [6, 6.07) is 24.5. The zero-order valence-electron chi connectivity index (χ0n) is 36.5. The fraction of sp³-hybridized carbons (Fsp3) is 0.354. The number of methoxy groups -OCH3 is 2. The summed E-state index contributed by atoms with van der Waals surface area (Å²) in [5.41, 5.74) is 7.51. The topological polar surface area (TPSA) is 192 Å². The molecule has 4 amide bonds. The first-order valence-electron chi connectivity index (χ1n) is 21.7. The quantitative estimate of drug-likeness (QED) is 0.0888. The highest BCUT2D eigenvalue weighted by Gasteiger charge is 2.38. The van der Waals surface area contributed by atoms with Crippen molar-refractivity contribution in [3.8, 4) is 33.6 Å². The van der Waals surface area contributed by atoms with E-state index in [1.807, 2.05) is 79.2 Å². The van der Waals surface area contributed by atoms with Crippen LogP contribution in [0.25, 0.3) is 33.6 Å². The Hall–Kier alpha value is -7.23. The molecule has 0 unspecified atom stereocenters. The minimum Gasteiger partial charge on any atom is -0.453 e. The predicted molar refractivity (Wildman–Crippen MR) is 239 cm³/mol. The van der Waals surface area contributed by atoms with Crippen LogP contribution >= 0.6 is 0 Å². The second kappa shape index (κ2) is 19.4. The van der Waals surface area contributed by atoms with Crippen molar-refractivity contribution in [3.05, 3.63) is 127 Å². The van der Waals surface area contributed by atoms with Crippen LogP contribution in [0, 0.1) is 5.92 Å². The van der Waals surface area contributed by atoms with E-state index in [2.05, 4.69) is 54.8 Å². The number of ether oxygens (including phenoxy) is 2. The number of hydrogen-bond donors (Lipinski definition) is 4. The van der Waals surface area contributed by atoms with Crippen LogP contribution in [0.5, 0.6) is 0 Å². The fourth-order valence-electron chi connectivity index (χ4n) is 8.70. The molecule has 2 fully saturated rings. The Morgan fingerprint density at radius 3 is 1.73 bits per heavy atom. The molecule has 2 aliphatic rings. The zero-order chi connectivity index (χ0) is 44.7. The SMILES string of the molecule is COC(=O)N[C@@H](Cc1cn(Cc2ccccc2)cn1)C(=O)N1CCC[C@H]1c1ncc(-c2ccc(-c3ccc(-c4cnc([C@@H]5CCCN5C(=O)[C@@H](NC(=O)OC)C(C)C)[nH]4)cc3)cc2)[nH]1. The van der Waals surface area contributed by atoms with Gasteiger partial charge in [0.1, 0.15) is 23.7 Å². The lowest BCUT2D eigenvalue weighted by molar-refractivity contribution is -0.135. The van der Waals surface area contributed by atoms with Gasteiger partial charge >= 0.3 is 12.2 Å². The first-order valence-corrected chi connectivity index (χ1v) is 21.7. The molecule has 4 atom stereocenters. The number of nitrogens with zero attached hydrogens (tertiary/aromatic N) is 6. The normalized spacial score (nSPS) is 17.0. The standard InChI is InChI=1S/C48H54N10O6/c1-30(2)42(55-48(62)64-4)46(60)58-23-9-13-41(58)44-50-26-39(53-44)35-20-16-33(17-21-35)32-14-18-34(19-15-32)38-25-49-43(52-38)40-12-8-22-57(40)45(59)37(54-47(61)63-3)24-36-28-56(29-51-36)27-31-10-6-5-7-11-31/h5-7,10-11,14-21,25-26,28-30,37,40-42H,8-9,12-13,22-24,27H2,1-4H3,(H,49,52)(H,50,53)(H,54,61)(H,55,62)/t37-,40-,41-,42-/m0/s1. The smallest absolute Gasteiger partial charge is 0.407 e. The van der Waals surface area contributed by atoms with E-state index >= 15 is 0 Å². The van der Waals surface area contributed by atoms with Gasteiger partial charge in [0.15, 0.2) is 0 Å². The third-order valence-corrected chi connectivity index (χ3v) is 12.1. The van der Waals surface area contributed by atoms with Gasteiger partial charge in [-0.15, -0.1) is 0 Å². The van der Waals surface area contributed by atoms with Crippen molar-refractivity contribution in [1.82, 2.24) is 49.9 Å². The minimum absolute atomic E-state index is 0.112. The molecule has 332 valence electrons. The van der Waals surface area contributed by atoms with Crippen molar-refractivity contribution in [3.63, 3.8) is 0 Å². The molecule has 64 heavy (non-hydrogen) atoms. The molecule has 0 bridgehead atoms. The molecule has 16 nitrogen and oxygen atoms in total. The molecule has 4 N–H and O–H groups in total. The number of H-pyrrole nitrogens is 2. The molecule has 0 spiro atoms. The Bertz CT molecular complexity index is 2550. The number of aromatic nitrogens is 6. The van der Waals surface area contributed by atoms with Gasteiger partial charge in [-0.2, -0.15) is 0 Å². The number of carbonyl (C=O) groups is 4. The van der Waals surface area contributed by atoms with Crippen LogP contribution in [-0.2, 0) is 32.0 Å². The number of likely N-dealkylation sites (tertiary alicyclic amines) is 2. The van der Waals surface area contributed by atoms with Crippen LogP contribution in [-0.4, -0.2) is 103 Å². The van der Waals surface area contributed by atoms with Gasteiger partial charge in [-0.25, -0.2) is 24.5 Å². The van der Waals surface area contributed by atoms with Gasteiger partial charge in [0, 0.05) is 32.3 Å². The number of amides is 4. The van der Waals surface area contributed by atoms with Crippen molar-refractivity contribution < 1.29 is 28.7 Å². The van der Waals surface area contributed by atoms with Gasteiger partial charge in [0.2, 0.25) is 11.8 Å². The maximum absolute atomic E-state index is 14.1. The summed E-state index contributed by atoms with van der Waals surface area (Å²) in [6.45, 7) is 5.56. The summed E-state index contributed by atoms with van der Waals surface area (Å²) in [4.78, 5) is 76.6. The van der Waals surface area contributed by atoms with Crippen LogP contribution in [0.1, 0.15) is 74.5 Å². The van der Waals surface area contributed by atoms with E-state index in [1.165, 1.54) is 14.2 Å². The average Bonchev–Trinajstić information content (AvgIpc) is 4.18. The molecule has 3 aromatic carbocycles. The predicted octanol–water partition coefficient (Wildman–Crippen LogP) is 7.05. The molecule has 8 rings (SSSR count). The second-order valence-electron chi connectivity index (χ2n) is 16.7. The number of carbonyl (C=O) groups excluding carboxylic acids is 4. The Morgan fingerprint density at radius 1 is 0.688 bits per heavy atom. The number of aromatic amines is 2. The Morgan fingerprint density at radius 2 is 1.20 bits per heavy atom. The van der Waals surface area contributed by atoms with Crippen LogP contribution in [0.3, 0.4) is 0 Å². The van der Waals surface area contributed by atoms with Crippen molar-refractivity contribution in [2.45, 2.75) is 76.7 Å². The number of benzene rings is 3. The molecule has 3 aromatic heterocycles. The van der Waals surface area contributed by atoms with Crippen LogP contribution in [0.2, 0.25) is 0 Å². The number of hydrogen-bond acceptors (Lipinski definition) is 9. The van der Waals surface area contributed by atoms with Gasteiger partial charge in [0.25, 0.3) is 0 Å². The molecule has 2 saturated heterocycles. The van der Waals surface area contributed by atoms with Crippen molar-refractivity contribution in [2.24, 2.45) is 5.92 Å². The molecule has 0 radical (unpaired) electrons. The van der Waals surface area contributed by atoms with Gasteiger partial charge in [0.05, 0.1) is 62.1 Å². The summed E-state index contributed by atoms with van der Waals surface area (Å²) in [6.07, 6.45) is 9.29. The molecular weight excluding hydrogens is 813 g/mol. The van der Waals surface area contributed by atoms with E-state index in [0.717, 1.165) is 64.9 Å². The summed E-state index contributed by atoms with van der Waals surface area (Å²) in [5, 5.41) is 5.45. The first-order chi connectivity index (χ1) is 31.1.